The van der Waals surface area contributed by atoms with Crippen LogP contribution in [0.3, 0.4) is 0 Å². The van der Waals surface area contributed by atoms with Crippen molar-refractivity contribution in [1.82, 2.24) is 0 Å². The molecule has 0 fully saturated rings. The van der Waals surface area contributed by atoms with Gasteiger partial charge in [0.05, 0.1) is 18.1 Å². The highest BCUT2D eigenvalue weighted by molar-refractivity contribution is 6.07. The number of hydrogen-bond acceptors (Lipinski definition) is 3. The van der Waals surface area contributed by atoms with Crippen molar-refractivity contribution in [2.45, 2.75) is 0 Å². The Morgan fingerprint density at radius 3 is 1.76 bits per heavy atom. The molecule has 1 aliphatic heterocycles. The highest BCUT2D eigenvalue weighted by Gasteiger charge is 2.28. The zero-order chi connectivity index (χ0) is 25.3. The van der Waals surface area contributed by atoms with Gasteiger partial charge in [0.25, 0.3) is 0 Å². The fraction of sp³-hybridized carbons (Fsp3) is 0.0286. The molecule has 3 heteroatoms. The maximum absolute atomic E-state index is 6.82. The van der Waals surface area contributed by atoms with Gasteiger partial charge in [0, 0.05) is 28.4 Å². The van der Waals surface area contributed by atoms with E-state index >= 15 is 0 Å². The van der Waals surface area contributed by atoms with Crippen molar-refractivity contribution in [2.24, 2.45) is 0 Å². The van der Waals surface area contributed by atoms with E-state index in [0.717, 1.165) is 50.5 Å². The Morgan fingerprint density at radius 1 is 0.526 bits per heavy atom. The molecule has 182 valence electrons. The number of hydrogen-bond donors (Lipinski definition) is 0. The second-order valence-electron chi connectivity index (χ2n) is 9.45. The van der Waals surface area contributed by atoms with Crippen LogP contribution in [0, 0.1) is 0 Å². The van der Waals surface area contributed by atoms with Crippen LogP contribution < -0.4 is 9.80 Å². The Labute approximate surface area is 222 Å². The van der Waals surface area contributed by atoms with Gasteiger partial charge in [0.1, 0.15) is 5.76 Å². The molecular weight excluding hydrogens is 464 g/mol. The molecule has 7 rings (SSSR count). The molecule has 0 aliphatic carbocycles. The Hall–Kier alpha value is -5.02. The molecule has 0 radical (unpaired) electrons. The normalized spacial score (nSPS) is 13.2. The first-order chi connectivity index (χ1) is 18.9. The molecule has 0 saturated carbocycles. The highest BCUT2D eigenvalue weighted by Crippen LogP contribution is 2.46. The van der Waals surface area contributed by atoms with E-state index in [1.807, 2.05) is 6.07 Å². The Bertz CT molecular complexity index is 1720. The molecule has 5 aromatic carbocycles. The smallest absolute Gasteiger partial charge is 0.159 e. The molecule has 2 heterocycles. The molecule has 0 bridgehead atoms. The summed E-state index contributed by atoms with van der Waals surface area (Å²) < 4.78 is 6.82. The number of para-hydroxylation sites is 2. The van der Waals surface area contributed by atoms with E-state index in [4.69, 9.17) is 4.42 Å². The lowest BCUT2D eigenvalue weighted by Gasteiger charge is -2.24. The second kappa shape index (κ2) is 9.45. The Kier molecular flexibility index (Phi) is 5.52. The van der Waals surface area contributed by atoms with Crippen molar-refractivity contribution >= 4 is 28.0 Å². The molecule has 3 nitrogen and oxygen atoms in total. The van der Waals surface area contributed by atoms with Crippen LogP contribution in [0.4, 0.5) is 11.4 Å². The topological polar surface area (TPSA) is 19.6 Å². The molecule has 38 heavy (non-hydrogen) atoms. The van der Waals surface area contributed by atoms with E-state index in [1.54, 1.807) is 0 Å². The lowest BCUT2D eigenvalue weighted by molar-refractivity contribution is 0.632. The predicted octanol–water partition coefficient (Wildman–Crippen LogP) is 9.05. The standard InChI is InChI=1S/C35H26N2O/c1-5-14-26(15-6-1)32-24-36(29-20-11-4-12-21-29)25-37(32)31-23-13-22-30-33(27-16-7-2-8-17-27)34(38-35(30)31)28-18-9-3-10-19-28/h1-24H,25H2. The summed E-state index contributed by atoms with van der Waals surface area (Å²) in [6, 6.07) is 48.5. The van der Waals surface area contributed by atoms with E-state index in [0.29, 0.717) is 6.67 Å². The number of rotatable bonds is 5. The van der Waals surface area contributed by atoms with Gasteiger partial charge in [0.2, 0.25) is 0 Å². The van der Waals surface area contributed by atoms with E-state index in [9.17, 15) is 0 Å². The van der Waals surface area contributed by atoms with Crippen molar-refractivity contribution < 1.29 is 4.42 Å². The van der Waals surface area contributed by atoms with Crippen LogP contribution in [0.25, 0.3) is 39.1 Å². The van der Waals surface area contributed by atoms with Crippen LogP contribution in [-0.2, 0) is 0 Å². The molecule has 0 unspecified atom stereocenters. The van der Waals surface area contributed by atoms with E-state index in [-0.39, 0.29) is 0 Å². The number of furan rings is 1. The minimum absolute atomic E-state index is 0.690. The maximum atomic E-state index is 6.82. The Morgan fingerprint density at radius 2 is 1.11 bits per heavy atom. The summed E-state index contributed by atoms with van der Waals surface area (Å²) in [6.07, 6.45) is 2.24. The van der Waals surface area contributed by atoms with Crippen LogP contribution in [0.1, 0.15) is 5.56 Å². The summed E-state index contributed by atoms with van der Waals surface area (Å²) >= 11 is 0. The third-order valence-corrected chi connectivity index (χ3v) is 7.10. The van der Waals surface area contributed by atoms with E-state index < -0.39 is 0 Å². The first-order valence-corrected chi connectivity index (χ1v) is 12.9. The number of benzene rings is 5. The third kappa shape index (κ3) is 3.86. The quantitative estimate of drug-likeness (QED) is 0.240. The average Bonchev–Trinajstić information content (AvgIpc) is 3.62. The van der Waals surface area contributed by atoms with Crippen LogP contribution >= 0.6 is 0 Å². The van der Waals surface area contributed by atoms with Gasteiger partial charge in [-0.2, -0.15) is 0 Å². The average molecular weight is 491 g/mol. The first-order valence-electron chi connectivity index (χ1n) is 12.9. The van der Waals surface area contributed by atoms with Crippen molar-refractivity contribution in [3.05, 3.63) is 151 Å². The largest absolute Gasteiger partial charge is 0.453 e. The fourth-order valence-corrected chi connectivity index (χ4v) is 5.31. The molecule has 1 aliphatic rings. The minimum Gasteiger partial charge on any atom is -0.453 e. The number of nitrogens with zero attached hydrogens (tertiary/aromatic N) is 2. The van der Waals surface area contributed by atoms with Gasteiger partial charge in [0.15, 0.2) is 5.58 Å². The van der Waals surface area contributed by atoms with Crippen molar-refractivity contribution in [3.8, 4) is 22.5 Å². The summed E-state index contributed by atoms with van der Waals surface area (Å²) in [5.74, 6) is 0.892. The number of fused-ring (bicyclic) bond motifs is 1. The van der Waals surface area contributed by atoms with Gasteiger partial charge < -0.3 is 14.2 Å². The SMILES string of the molecule is C1=C(c2ccccc2)N(c2cccc3c(-c4ccccc4)c(-c4ccccc4)oc23)CN1c1ccccc1. The Balaban J connectivity index is 1.43. The van der Waals surface area contributed by atoms with Crippen molar-refractivity contribution in [3.63, 3.8) is 0 Å². The van der Waals surface area contributed by atoms with Gasteiger partial charge in [-0.05, 0) is 29.3 Å². The van der Waals surface area contributed by atoms with Crippen molar-refractivity contribution in [1.29, 1.82) is 0 Å². The third-order valence-electron chi connectivity index (χ3n) is 7.10. The first kappa shape index (κ1) is 22.2. The monoisotopic (exact) mass is 490 g/mol. The summed E-state index contributed by atoms with van der Waals surface area (Å²) in [5.41, 5.74) is 8.75. The van der Waals surface area contributed by atoms with Gasteiger partial charge in [-0.15, -0.1) is 0 Å². The molecule has 0 spiro atoms. The molecule has 1 aromatic heterocycles. The number of anilines is 2. The lowest BCUT2D eigenvalue weighted by Crippen LogP contribution is -2.26. The van der Waals surface area contributed by atoms with Crippen LogP contribution in [0.2, 0.25) is 0 Å². The zero-order valence-electron chi connectivity index (χ0n) is 20.9. The van der Waals surface area contributed by atoms with Crippen molar-refractivity contribution in [2.75, 3.05) is 16.5 Å². The molecule has 0 saturated heterocycles. The summed E-state index contributed by atoms with van der Waals surface area (Å²) in [5, 5.41) is 1.11. The molecule has 0 atom stereocenters. The zero-order valence-corrected chi connectivity index (χ0v) is 20.9. The predicted molar refractivity (Wildman–Crippen MR) is 158 cm³/mol. The van der Waals surface area contributed by atoms with Gasteiger partial charge in [-0.1, -0.05) is 121 Å². The maximum Gasteiger partial charge on any atom is 0.159 e. The van der Waals surface area contributed by atoms with E-state index in [1.165, 1.54) is 5.56 Å². The summed E-state index contributed by atoms with van der Waals surface area (Å²) in [6.45, 7) is 0.690. The second-order valence-corrected chi connectivity index (χ2v) is 9.45. The van der Waals surface area contributed by atoms with E-state index in [2.05, 4.69) is 149 Å². The highest BCUT2D eigenvalue weighted by atomic mass is 16.3. The summed E-state index contributed by atoms with van der Waals surface area (Å²) in [4.78, 5) is 4.65. The minimum atomic E-state index is 0.690. The lowest BCUT2D eigenvalue weighted by atomic mass is 9.98. The summed E-state index contributed by atoms with van der Waals surface area (Å²) in [7, 11) is 0. The molecule has 0 N–H and O–H groups in total. The fourth-order valence-electron chi connectivity index (χ4n) is 5.31. The van der Waals surface area contributed by atoms with Gasteiger partial charge in [-0.3, -0.25) is 0 Å². The van der Waals surface area contributed by atoms with Gasteiger partial charge in [-0.25, -0.2) is 0 Å². The molecule has 6 aromatic rings. The van der Waals surface area contributed by atoms with Gasteiger partial charge >= 0.3 is 0 Å². The van der Waals surface area contributed by atoms with Crippen LogP contribution in [0.15, 0.2) is 150 Å². The molecule has 0 amide bonds. The van der Waals surface area contributed by atoms with Crippen LogP contribution in [0.5, 0.6) is 0 Å². The molecular formula is C35H26N2O. The van der Waals surface area contributed by atoms with Crippen LogP contribution in [-0.4, -0.2) is 6.67 Å².